The Morgan fingerprint density at radius 1 is 1.40 bits per heavy atom. The standard InChI is InChI=1S/C14H21N3O3/c1-4-10(3)17(5-2)14(20)16-12-7-6-11(15-9-12)8-13(18)19/h6-7,9-10H,4-5,8H2,1-3H3,(H,16,20)(H,18,19). The van der Waals surface area contributed by atoms with Gasteiger partial charge in [-0.05, 0) is 32.4 Å². The zero-order valence-corrected chi connectivity index (χ0v) is 12.1. The van der Waals surface area contributed by atoms with Gasteiger partial charge in [0.25, 0.3) is 0 Å². The highest BCUT2D eigenvalue weighted by atomic mass is 16.4. The van der Waals surface area contributed by atoms with E-state index >= 15 is 0 Å². The van der Waals surface area contributed by atoms with E-state index in [0.29, 0.717) is 17.9 Å². The van der Waals surface area contributed by atoms with Crippen LogP contribution in [0.15, 0.2) is 18.3 Å². The number of nitrogens with one attached hydrogen (secondary N) is 1. The van der Waals surface area contributed by atoms with Crippen molar-refractivity contribution < 1.29 is 14.7 Å². The summed E-state index contributed by atoms with van der Waals surface area (Å²) in [4.78, 5) is 28.4. The van der Waals surface area contributed by atoms with Crippen LogP contribution in [-0.4, -0.2) is 39.6 Å². The number of hydrogen-bond acceptors (Lipinski definition) is 3. The summed E-state index contributed by atoms with van der Waals surface area (Å²) in [6.45, 7) is 6.59. The first kappa shape index (κ1) is 15.9. The van der Waals surface area contributed by atoms with Gasteiger partial charge >= 0.3 is 12.0 Å². The predicted octanol–water partition coefficient (Wildman–Crippen LogP) is 2.36. The predicted molar refractivity (Wildman–Crippen MR) is 76.7 cm³/mol. The summed E-state index contributed by atoms with van der Waals surface area (Å²) < 4.78 is 0. The Morgan fingerprint density at radius 3 is 2.55 bits per heavy atom. The average Bonchev–Trinajstić information content (AvgIpc) is 2.41. The molecule has 0 radical (unpaired) electrons. The number of aromatic nitrogens is 1. The molecule has 0 aromatic carbocycles. The lowest BCUT2D eigenvalue weighted by atomic mass is 10.2. The van der Waals surface area contributed by atoms with Crippen molar-refractivity contribution in [2.24, 2.45) is 0 Å². The largest absolute Gasteiger partial charge is 0.481 e. The fourth-order valence-electron chi connectivity index (χ4n) is 1.83. The summed E-state index contributed by atoms with van der Waals surface area (Å²) in [6, 6.07) is 3.26. The number of carbonyl (C=O) groups excluding carboxylic acids is 1. The second kappa shape index (κ2) is 7.47. The normalized spacial score (nSPS) is 11.8. The van der Waals surface area contributed by atoms with Crippen LogP contribution in [0.4, 0.5) is 10.5 Å². The van der Waals surface area contributed by atoms with E-state index in [2.05, 4.69) is 10.3 Å². The van der Waals surface area contributed by atoms with Gasteiger partial charge < -0.3 is 15.3 Å². The van der Waals surface area contributed by atoms with Crippen molar-refractivity contribution in [3.63, 3.8) is 0 Å². The van der Waals surface area contributed by atoms with Crippen LogP contribution < -0.4 is 5.32 Å². The van der Waals surface area contributed by atoms with Crippen molar-refractivity contribution in [3.8, 4) is 0 Å². The van der Waals surface area contributed by atoms with Crippen LogP contribution in [0.5, 0.6) is 0 Å². The highest BCUT2D eigenvalue weighted by molar-refractivity contribution is 5.89. The number of nitrogens with zero attached hydrogens (tertiary/aromatic N) is 2. The van der Waals surface area contributed by atoms with E-state index in [-0.39, 0.29) is 18.5 Å². The maximum absolute atomic E-state index is 12.1. The molecule has 1 atom stereocenters. The molecule has 0 spiro atoms. The third-order valence-corrected chi connectivity index (χ3v) is 3.13. The Hall–Kier alpha value is -2.11. The number of rotatable bonds is 6. The number of pyridine rings is 1. The van der Waals surface area contributed by atoms with Crippen molar-refractivity contribution >= 4 is 17.7 Å². The minimum absolute atomic E-state index is 0.123. The zero-order valence-electron chi connectivity index (χ0n) is 12.1. The minimum atomic E-state index is -0.928. The minimum Gasteiger partial charge on any atom is -0.481 e. The molecule has 6 heteroatoms. The van der Waals surface area contributed by atoms with Gasteiger partial charge in [-0.2, -0.15) is 0 Å². The fourth-order valence-corrected chi connectivity index (χ4v) is 1.83. The number of carboxylic acid groups (broad SMARTS) is 1. The molecule has 1 unspecified atom stereocenters. The van der Waals surface area contributed by atoms with Crippen molar-refractivity contribution in [2.75, 3.05) is 11.9 Å². The summed E-state index contributed by atoms with van der Waals surface area (Å²) in [5.41, 5.74) is 1.02. The van der Waals surface area contributed by atoms with Crippen molar-refractivity contribution in [2.45, 2.75) is 39.7 Å². The average molecular weight is 279 g/mol. The second-order valence-corrected chi connectivity index (χ2v) is 4.58. The molecule has 0 fully saturated rings. The Morgan fingerprint density at radius 2 is 2.10 bits per heavy atom. The van der Waals surface area contributed by atoms with Gasteiger partial charge in [-0.25, -0.2) is 4.79 Å². The summed E-state index contributed by atoms with van der Waals surface area (Å²) >= 11 is 0. The number of hydrogen-bond donors (Lipinski definition) is 2. The monoisotopic (exact) mass is 279 g/mol. The summed E-state index contributed by atoms with van der Waals surface area (Å²) in [5, 5.41) is 11.4. The van der Waals surface area contributed by atoms with Gasteiger partial charge in [-0.15, -0.1) is 0 Å². The molecule has 6 nitrogen and oxygen atoms in total. The van der Waals surface area contributed by atoms with Crippen LogP contribution in [0, 0.1) is 0 Å². The quantitative estimate of drug-likeness (QED) is 0.837. The molecule has 0 aliphatic rings. The van der Waals surface area contributed by atoms with Gasteiger partial charge in [0.15, 0.2) is 0 Å². The van der Waals surface area contributed by atoms with Gasteiger partial charge in [0.2, 0.25) is 0 Å². The molecule has 0 bridgehead atoms. The molecular weight excluding hydrogens is 258 g/mol. The summed E-state index contributed by atoms with van der Waals surface area (Å²) in [6.07, 6.45) is 2.24. The van der Waals surface area contributed by atoms with E-state index in [9.17, 15) is 9.59 Å². The first-order chi connectivity index (χ1) is 9.47. The van der Waals surface area contributed by atoms with Crippen LogP contribution in [0.2, 0.25) is 0 Å². The molecule has 0 saturated heterocycles. The molecular formula is C14H21N3O3. The molecule has 1 aromatic rings. The van der Waals surface area contributed by atoms with Crippen LogP contribution >= 0.6 is 0 Å². The van der Waals surface area contributed by atoms with E-state index in [4.69, 9.17) is 5.11 Å². The third kappa shape index (κ3) is 4.53. The summed E-state index contributed by atoms with van der Waals surface area (Å²) in [5.74, 6) is -0.928. The van der Waals surface area contributed by atoms with E-state index in [1.54, 1.807) is 17.0 Å². The molecule has 20 heavy (non-hydrogen) atoms. The van der Waals surface area contributed by atoms with Gasteiger partial charge in [0.05, 0.1) is 24.0 Å². The molecule has 110 valence electrons. The molecule has 1 heterocycles. The van der Waals surface area contributed by atoms with Crippen LogP contribution in [-0.2, 0) is 11.2 Å². The Kier molecular flexibility index (Phi) is 5.96. The number of aliphatic carboxylic acids is 1. The van der Waals surface area contributed by atoms with Gasteiger partial charge in [0, 0.05) is 12.6 Å². The van der Waals surface area contributed by atoms with Crippen molar-refractivity contribution in [1.82, 2.24) is 9.88 Å². The lowest BCUT2D eigenvalue weighted by molar-refractivity contribution is -0.136. The van der Waals surface area contributed by atoms with Crippen LogP contribution in [0.1, 0.15) is 32.9 Å². The Labute approximate surface area is 118 Å². The van der Waals surface area contributed by atoms with E-state index in [0.717, 1.165) is 6.42 Å². The van der Waals surface area contributed by atoms with Gasteiger partial charge in [0.1, 0.15) is 0 Å². The zero-order chi connectivity index (χ0) is 15.1. The number of anilines is 1. The molecule has 2 amide bonds. The summed E-state index contributed by atoms with van der Waals surface area (Å²) in [7, 11) is 0. The maximum atomic E-state index is 12.1. The SMILES string of the molecule is CCC(C)N(CC)C(=O)Nc1ccc(CC(=O)O)nc1. The molecule has 0 saturated carbocycles. The smallest absolute Gasteiger partial charge is 0.322 e. The first-order valence-electron chi connectivity index (χ1n) is 6.72. The van der Waals surface area contributed by atoms with E-state index in [1.165, 1.54) is 6.20 Å². The lowest BCUT2D eigenvalue weighted by Crippen LogP contribution is -2.41. The van der Waals surface area contributed by atoms with E-state index < -0.39 is 5.97 Å². The van der Waals surface area contributed by atoms with Crippen LogP contribution in [0.3, 0.4) is 0 Å². The number of carbonyl (C=O) groups is 2. The van der Waals surface area contributed by atoms with Gasteiger partial charge in [-0.3, -0.25) is 9.78 Å². The third-order valence-electron chi connectivity index (χ3n) is 3.13. The van der Waals surface area contributed by atoms with E-state index in [1.807, 2.05) is 20.8 Å². The highest BCUT2D eigenvalue weighted by Crippen LogP contribution is 2.10. The lowest BCUT2D eigenvalue weighted by Gasteiger charge is -2.27. The van der Waals surface area contributed by atoms with Gasteiger partial charge in [-0.1, -0.05) is 6.92 Å². The Bertz CT molecular complexity index is 459. The number of amides is 2. The number of carboxylic acids is 1. The molecule has 0 aliphatic carbocycles. The highest BCUT2D eigenvalue weighted by Gasteiger charge is 2.16. The maximum Gasteiger partial charge on any atom is 0.322 e. The number of urea groups is 1. The first-order valence-corrected chi connectivity index (χ1v) is 6.72. The van der Waals surface area contributed by atoms with Crippen molar-refractivity contribution in [1.29, 1.82) is 0 Å². The molecule has 0 aliphatic heterocycles. The molecule has 1 rings (SSSR count). The molecule has 2 N–H and O–H groups in total. The fraction of sp³-hybridized carbons (Fsp3) is 0.500. The topological polar surface area (TPSA) is 82.5 Å². The van der Waals surface area contributed by atoms with Crippen molar-refractivity contribution in [3.05, 3.63) is 24.0 Å². The Balaban J connectivity index is 2.68. The molecule has 1 aromatic heterocycles. The second-order valence-electron chi connectivity index (χ2n) is 4.58. The van der Waals surface area contributed by atoms with Crippen LogP contribution in [0.25, 0.3) is 0 Å².